The first kappa shape index (κ1) is 10.4. The van der Waals surface area contributed by atoms with Crippen molar-refractivity contribution < 1.29 is 0 Å². The molecule has 2 N–H and O–H groups in total. The lowest BCUT2D eigenvalue weighted by Gasteiger charge is -2.23. The summed E-state index contributed by atoms with van der Waals surface area (Å²) in [5.74, 6) is 0.786. The topological polar surface area (TPSA) is 42.1 Å². The molecule has 2 heterocycles. The van der Waals surface area contributed by atoms with Gasteiger partial charge in [-0.2, -0.15) is 0 Å². The van der Waals surface area contributed by atoms with Crippen molar-refractivity contribution in [3.63, 3.8) is 0 Å². The monoisotopic (exact) mass is 205 g/mol. The lowest BCUT2D eigenvalue weighted by molar-refractivity contribution is 0.625. The molecule has 1 aliphatic heterocycles. The molecule has 0 radical (unpaired) electrons. The van der Waals surface area contributed by atoms with Crippen molar-refractivity contribution in [1.82, 2.24) is 4.98 Å². The number of anilines is 1. The molecule has 1 fully saturated rings. The molecular formula is C12H19N3. The number of hydrogen-bond donors (Lipinski definition) is 1. The Morgan fingerprint density at radius 1 is 1.47 bits per heavy atom. The van der Waals surface area contributed by atoms with Gasteiger partial charge in [-0.25, -0.2) is 0 Å². The van der Waals surface area contributed by atoms with E-state index in [0.29, 0.717) is 12.6 Å². The van der Waals surface area contributed by atoms with Crippen molar-refractivity contribution in [2.24, 2.45) is 11.7 Å². The molecule has 1 aromatic heterocycles. The van der Waals surface area contributed by atoms with Crippen molar-refractivity contribution >= 4 is 5.69 Å². The summed E-state index contributed by atoms with van der Waals surface area (Å²) in [5, 5.41) is 0. The quantitative estimate of drug-likeness (QED) is 0.800. The van der Waals surface area contributed by atoms with E-state index in [-0.39, 0.29) is 0 Å². The van der Waals surface area contributed by atoms with Crippen LogP contribution in [0.2, 0.25) is 0 Å². The van der Waals surface area contributed by atoms with Crippen molar-refractivity contribution in [2.45, 2.75) is 32.9 Å². The highest BCUT2D eigenvalue weighted by molar-refractivity contribution is 5.46. The van der Waals surface area contributed by atoms with Crippen LogP contribution in [0.1, 0.15) is 26.0 Å². The zero-order valence-electron chi connectivity index (χ0n) is 9.48. The van der Waals surface area contributed by atoms with Gasteiger partial charge in [-0.15, -0.1) is 0 Å². The fraction of sp³-hybridized carbons (Fsp3) is 0.583. The van der Waals surface area contributed by atoms with E-state index in [9.17, 15) is 0 Å². The highest BCUT2D eigenvalue weighted by Gasteiger charge is 2.26. The average molecular weight is 205 g/mol. The molecule has 0 aliphatic carbocycles. The largest absolute Gasteiger partial charge is 0.367 e. The van der Waals surface area contributed by atoms with Gasteiger partial charge in [0.2, 0.25) is 0 Å². The lowest BCUT2D eigenvalue weighted by Crippen LogP contribution is -2.26. The number of rotatable bonds is 2. The summed E-state index contributed by atoms with van der Waals surface area (Å²) >= 11 is 0. The van der Waals surface area contributed by atoms with Crippen LogP contribution in [0.15, 0.2) is 18.3 Å². The van der Waals surface area contributed by atoms with Gasteiger partial charge in [0.25, 0.3) is 0 Å². The van der Waals surface area contributed by atoms with Crippen LogP contribution in [0, 0.1) is 5.92 Å². The minimum Gasteiger partial charge on any atom is -0.367 e. The Kier molecular flexibility index (Phi) is 2.91. The Morgan fingerprint density at radius 2 is 2.27 bits per heavy atom. The van der Waals surface area contributed by atoms with E-state index in [1.807, 2.05) is 12.3 Å². The molecule has 15 heavy (non-hydrogen) atoms. The Morgan fingerprint density at radius 3 is 2.73 bits per heavy atom. The van der Waals surface area contributed by atoms with E-state index < -0.39 is 0 Å². The number of pyridine rings is 1. The Balaban J connectivity index is 2.15. The van der Waals surface area contributed by atoms with Crippen LogP contribution in [-0.4, -0.2) is 17.6 Å². The summed E-state index contributed by atoms with van der Waals surface area (Å²) in [6, 6.07) is 4.78. The maximum Gasteiger partial charge on any atom is 0.0555 e. The van der Waals surface area contributed by atoms with Crippen LogP contribution >= 0.6 is 0 Å². The van der Waals surface area contributed by atoms with Gasteiger partial charge in [0.05, 0.1) is 17.6 Å². The zero-order chi connectivity index (χ0) is 10.8. The molecule has 1 saturated heterocycles. The minimum atomic E-state index is 0.520. The van der Waals surface area contributed by atoms with Gasteiger partial charge in [0, 0.05) is 19.1 Å². The van der Waals surface area contributed by atoms with Gasteiger partial charge in [-0.1, -0.05) is 6.92 Å². The molecule has 0 bridgehead atoms. The summed E-state index contributed by atoms with van der Waals surface area (Å²) in [4.78, 5) is 6.76. The Labute approximate surface area is 91.3 Å². The third-order valence-electron chi connectivity index (χ3n) is 3.13. The van der Waals surface area contributed by atoms with Gasteiger partial charge in [-0.3, -0.25) is 4.98 Å². The first-order chi connectivity index (χ1) is 7.20. The fourth-order valence-electron chi connectivity index (χ4n) is 2.37. The van der Waals surface area contributed by atoms with Crippen LogP contribution in [0.4, 0.5) is 5.69 Å². The molecule has 2 rings (SSSR count). The standard InChI is InChI=1S/C12H19N3/c1-9-5-10(2)15(8-9)12-4-3-11(6-13)14-7-12/h3-4,7,9-10H,5-6,8,13H2,1-2H3. The Bertz CT molecular complexity index is 320. The summed E-state index contributed by atoms with van der Waals surface area (Å²) < 4.78 is 0. The summed E-state index contributed by atoms with van der Waals surface area (Å²) in [6.07, 6.45) is 3.22. The molecular weight excluding hydrogens is 186 g/mol. The van der Waals surface area contributed by atoms with Crippen LogP contribution in [-0.2, 0) is 6.54 Å². The van der Waals surface area contributed by atoms with Crippen LogP contribution in [0.3, 0.4) is 0 Å². The minimum absolute atomic E-state index is 0.520. The SMILES string of the molecule is CC1CC(C)N(c2ccc(CN)nc2)C1. The first-order valence-corrected chi connectivity index (χ1v) is 5.62. The molecule has 1 aromatic rings. The van der Waals surface area contributed by atoms with E-state index in [1.165, 1.54) is 12.1 Å². The van der Waals surface area contributed by atoms with Gasteiger partial charge in [-0.05, 0) is 31.4 Å². The van der Waals surface area contributed by atoms with E-state index in [2.05, 4.69) is 29.8 Å². The second-order valence-corrected chi connectivity index (χ2v) is 4.55. The van der Waals surface area contributed by atoms with Crippen molar-refractivity contribution in [3.05, 3.63) is 24.0 Å². The molecule has 0 saturated carbocycles. The molecule has 0 amide bonds. The Hall–Kier alpha value is -1.09. The third-order valence-corrected chi connectivity index (χ3v) is 3.13. The van der Waals surface area contributed by atoms with E-state index in [0.717, 1.165) is 18.2 Å². The maximum atomic E-state index is 5.53. The molecule has 1 aliphatic rings. The average Bonchev–Trinajstić information content (AvgIpc) is 2.58. The number of hydrogen-bond acceptors (Lipinski definition) is 3. The third kappa shape index (κ3) is 2.12. The summed E-state index contributed by atoms with van der Waals surface area (Å²) in [6.45, 7) is 6.25. The summed E-state index contributed by atoms with van der Waals surface area (Å²) in [7, 11) is 0. The second kappa shape index (κ2) is 4.19. The predicted octanol–water partition coefficient (Wildman–Crippen LogP) is 1.78. The van der Waals surface area contributed by atoms with Gasteiger partial charge < -0.3 is 10.6 Å². The number of nitrogens with zero attached hydrogens (tertiary/aromatic N) is 2. The highest BCUT2D eigenvalue weighted by atomic mass is 15.2. The van der Waals surface area contributed by atoms with E-state index in [1.54, 1.807) is 0 Å². The molecule has 3 heteroatoms. The lowest BCUT2D eigenvalue weighted by atomic mass is 10.1. The number of aromatic nitrogens is 1. The summed E-state index contributed by atoms with van der Waals surface area (Å²) in [5.41, 5.74) is 7.71. The predicted molar refractivity (Wildman–Crippen MR) is 62.7 cm³/mol. The van der Waals surface area contributed by atoms with Crippen molar-refractivity contribution in [1.29, 1.82) is 0 Å². The van der Waals surface area contributed by atoms with Crippen LogP contribution < -0.4 is 10.6 Å². The molecule has 2 atom stereocenters. The first-order valence-electron chi connectivity index (χ1n) is 5.62. The van der Waals surface area contributed by atoms with Crippen molar-refractivity contribution in [2.75, 3.05) is 11.4 Å². The maximum absolute atomic E-state index is 5.53. The van der Waals surface area contributed by atoms with E-state index >= 15 is 0 Å². The van der Waals surface area contributed by atoms with Crippen LogP contribution in [0.5, 0.6) is 0 Å². The van der Waals surface area contributed by atoms with Gasteiger partial charge in [0.1, 0.15) is 0 Å². The zero-order valence-corrected chi connectivity index (χ0v) is 9.48. The smallest absolute Gasteiger partial charge is 0.0555 e. The molecule has 0 spiro atoms. The van der Waals surface area contributed by atoms with Gasteiger partial charge >= 0.3 is 0 Å². The molecule has 3 nitrogen and oxygen atoms in total. The fourth-order valence-corrected chi connectivity index (χ4v) is 2.37. The molecule has 0 aromatic carbocycles. The van der Waals surface area contributed by atoms with Gasteiger partial charge in [0.15, 0.2) is 0 Å². The van der Waals surface area contributed by atoms with Crippen LogP contribution in [0.25, 0.3) is 0 Å². The number of nitrogens with two attached hydrogens (primary N) is 1. The van der Waals surface area contributed by atoms with Crippen molar-refractivity contribution in [3.8, 4) is 0 Å². The molecule has 82 valence electrons. The normalized spacial score (nSPS) is 25.9. The second-order valence-electron chi connectivity index (χ2n) is 4.55. The molecule has 2 unspecified atom stereocenters. The highest BCUT2D eigenvalue weighted by Crippen LogP contribution is 2.27. The van der Waals surface area contributed by atoms with E-state index in [4.69, 9.17) is 5.73 Å².